The van der Waals surface area contributed by atoms with E-state index in [1.165, 1.54) is 16.5 Å². The lowest BCUT2D eigenvalue weighted by Gasteiger charge is -2.07. The van der Waals surface area contributed by atoms with Gasteiger partial charge in [0.25, 0.3) is 0 Å². The number of rotatable bonds is 4. The molecule has 2 aromatic carbocycles. The van der Waals surface area contributed by atoms with Crippen molar-refractivity contribution in [3.8, 4) is 0 Å². The number of para-hydroxylation sites is 1. The van der Waals surface area contributed by atoms with E-state index in [9.17, 15) is 0 Å². The van der Waals surface area contributed by atoms with E-state index in [-0.39, 0.29) is 6.04 Å². The summed E-state index contributed by atoms with van der Waals surface area (Å²) in [6.07, 6.45) is 1.79. The van der Waals surface area contributed by atoms with Gasteiger partial charge in [0.15, 0.2) is 0 Å². The number of fused-ring (bicyclic) bond motifs is 1. The highest BCUT2D eigenvalue weighted by molar-refractivity contribution is 5.78. The topological polar surface area (TPSA) is 38.9 Å². The van der Waals surface area contributed by atoms with Crippen LogP contribution in [-0.4, -0.2) is 11.0 Å². The molecule has 2 heteroatoms. The molecule has 1 unspecified atom stereocenters. The molecule has 2 nitrogen and oxygen atoms in total. The summed E-state index contributed by atoms with van der Waals surface area (Å²) >= 11 is 0. The van der Waals surface area contributed by atoms with Crippen LogP contribution in [0, 0.1) is 0 Å². The van der Waals surface area contributed by atoms with Crippen LogP contribution in [0.2, 0.25) is 0 Å². The van der Waals surface area contributed by atoms with Crippen molar-refractivity contribution in [1.82, 2.24) is 4.98 Å². The molecule has 0 radical (unpaired) electrons. The van der Waals surface area contributed by atoms with Gasteiger partial charge in [0.05, 0.1) is 5.52 Å². The van der Waals surface area contributed by atoms with Gasteiger partial charge in [0.1, 0.15) is 0 Å². The van der Waals surface area contributed by atoms with Crippen LogP contribution >= 0.6 is 0 Å². The molecule has 0 saturated heterocycles. The van der Waals surface area contributed by atoms with Crippen LogP contribution < -0.4 is 5.73 Å². The number of nitrogens with two attached hydrogens (primary N) is 1. The lowest BCUT2D eigenvalue weighted by Crippen LogP contribution is -2.17. The molecule has 0 amide bonds. The van der Waals surface area contributed by atoms with Gasteiger partial charge in [0.2, 0.25) is 0 Å². The van der Waals surface area contributed by atoms with E-state index in [0.29, 0.717) is 0 Å². The van der Waals surface area contributed by atoms with Crippen LogP contribution in [0.1, 0.15) is 23.7 Å². The van der Waals surface area contributed by atoms with Crippen molar-refractivity contribution >= 4 is 10.9 Å². The van der Waals surface area contributed by atoms with Gasteiger partial charge in [-0.2, -0.15) is 0 Å². The molecule has 0 fully saturated rings. The summed E-state index contributed by atoms with van der Waals surface area (Å²) in [5.74, 6) is 0. The van der Waals surface area contributed by atoms with Gasteiger partial charge in [-0.15, -0.1) is 0 Å². The first kappa shape index (κ1) is 13.8. The highest BCUT2D eigenvalue weighted by Gasteiger charge is 2.02. The Morgan fingerprint density at radius 3 is 2.38 bits per heavy atom. The largest absolute Gasteiger partial charge is 0.328 e. The van der Waals surface area contributed by atoms with Crippen molar-refractivity contribution in [2.24, 2.45) is 5.73 Å². The van der Waals surface area contributed by atoms with E-state index in [1.807, 2.05) is 19.1 Å². The summed E-state index contributed by atoms with van der Waals surface area (Å²) in [7, 11) is 0. The molecule has 1 heterocycles. The Labute approximate surface area is 125 Å². The SMILES string of the molecule is CC(N)Cc1ccc(Cc2ccc3ccccc3n2)cc1. The van der Waals surface area contributed by atoms with E-state index in [2.05, 4.69) is 48.5 Å². The Kier molecular flexibility index (Phi) is 3.98. The molecule has 0 aliphatic rings. The van der Waals surface area contributed by atoms with Crippen molar-refractivity contribution in [3.63, 3.8) is 0 Å². The van der Waals surface area contributed by atoms with Gasteiger partial charge in [0, 0.05) is 23.5 Å². The van der Waals surface area contributed by atoms with Crippen LogP contribution in [0.15, 0.2) is 60.7 Å². The fourth-order valence-corrected chi connectivity index (χ4v) is 2.58. The lowest BCUT2D eigenvalue weighted by molar-refractivity contribution is 0.738. The van der Waals surface area contributed by atoms with Gasteiger partial charge >= 0.3 is 0 Å². The lowest BCUT2D eigenvalue weighted by atomic mass is 10.0. The number of hydrogen-bond donors (Lipinski definition) is 1. The first-order valence-corrected chi connectivity index (χ1v) is 7.39. The first-order valence-electron chi connectivity index (χ1n) is 7.39. The van der Waals surface area contributed by atoms with Crippen LogP contribution in [0.4, 0.5) is 0 Å². The predicted molar refractivity (Wildman–Crippen MR) is 88.3 cm³/mol. The maximum atomic E-state index is 5.83. The van der Waals surface area contributed by atoms with E-state index in [4.69, 9.17) is 10.7 Å². The van der Waals surface area contributed by atoms with Crippen molar-refractivity contribution < 1.29 is 0 Å². The summed E-state index contributed by atoms with van der Waals surface area (Å²) in [6, 6.07) is 21.4. The number of benzene rings is 2. The molecule has 3 rings (SSSR count). The number of hydrogen-bond acceptors (Lipinski definition) is 2. The zero-order chi connectivity index (χ0) is 14.7. The highest BCUT2D eigenvalue weighted by atomic mass is 14.7. The summed E-state index contributed by atoms with van der Waals surface area (Å²) in [6.45, 7) is 2.03. The molecular formula is C19H20N2. The molecule has 1 atom stereocenters. The van der Waals surface area contributed by atoms with Crippen molar-refractivity contribution in [2.75, 3.05) is 0 Å². The molecule has 1 aromatic heterocycles. The Bertz CT molecular complexity index is 730. The van der Waals surface area contributed by atoms with Gasteiger partial charge in [-0.05, 0) is 36.6 Å². The second kappa shape index (κ2) is 6.06. The van der Waals surface area contributed by atoms with Crippen LogP contribution in [0.25, 0.3) is 10.9 Å². The average Bonchev–Trinajstić information content (AvgIpc) is 2.49. The van der Waals surface area contributed by atoms with E-state index >= 15 is 0 Å². The third-order valence-electron chi connectivity index (χ3n) is 3.62. The molecule has 0 spiro atoms. The zero-order valence-corrected chi connectivity index (χ0v) is 12.3. The number of aromatic nitrogens is 1. The van der Waals surface area contributed by atoms with Gasteiger partial charge in [-0.1, -0.05) is 48.5 Å². The quantitative estimate of drug-likeness (QED) is 0.789. The molecule has 2 N–H and O–H groups in total. The molecule has 0 aliphatic carbocycles. The number of pyridine rings is 1. The summed E-state index contributed by atoms with van der Waals surface area (Å²) in [5.41, 5.74) is 10.6. The zero-order valence-electron chi connectivity index (χ0n) is 12.3. The van der Waals surface area contributed by atoms with E-state index in [0.717, 1.165) is 24.1 Å². The summed E-state index contributed by atoms with van der Waals surface area (Å²) in [5, 5.41) is 1.19. The molecular weight excluding hydrogens is 256 g/mol. The van der Waals surface area contributed by atoms with Crippen LogP contribution in [0.3, 0.4) is 0 Å². The molecule has 3 aromatic rings. The van der Waals surface area contributed by atoms with Crippen molar-refractivity contribution in [3.05, 3.63) is 77.5 Å². The fourth-order valence-electron chi connectivity index (χ4n) is 2.58. The van der Waals surface area contributed by atoms with Gasteiger partial charge < -0.3 is 5.73 Å². The summed E-state index contributed by atoms with van der Waals surface area (Å²) in [4.78, 5) is 4.72. The van der Waals surface area contributed by atoms with Crippen molar-refractivity contribution in [2.45, 2.75) is 25.8 Å². The minimum absolute atomic E-state index is 0.206. The average molecular weight is 276 g/mol. The second-order valence-corrected chi connectivity index (χ2v) is 5.67. The Balaban J connectivity index is 1.78. The van der Waals surface area contributed by atoms with Crippen molar-refractivity contribution in [1.29, 1.82) is 0 Å². The fraction of sp³-hybridized carbons (Fsp3) is 0.211. The molecule has 21 heavy (non-hydrogen) atoms. The van der Waals surface area contributed by atoms with E-state index in [1.54, 1.807) is 0 Å². The normalized spacial score (nSPS) is 12.5. The Morgan fingerprint density at radius 2 is 1.62 bits per heavy atom. The minimum atomic E-state index is 0.206. The van der Waals surface area contributed by atoms with Gasteiger partial charge in [-0.3, -0.25) is 4.98 Å². The first-order chi connectivity index (χ1) is 10.2. The predicted octanol–water partition coefficient (Wildman–Crippen LogP) is 3.72. The third-order valence-corrected chi connectivity index (χ3v) is 3.62. The van der Waals surface area contributed by atoms with Crippen LogP contribution in [-0.2, 0) is 12.8 Å². The maximum Gasteiger partial charge on any atom is 0.0705 e. The molecule has 106 valence electrons. The smallest absolute Gasteiger partial charge is 0.0705 e. The summed E-state index contributed by atoms with van der Waals surface area (Å²) < 4.78 is 0. The molecule has 0 saturated carbocycles. The van der Waals surface area contributed by atoms with E-state index < -0.39 is 0 Å². The standard InChI is InChI=1S/C19H20N2/c1-14(20)12-15-6-8-16(9-7-15)13-18-11-10-17-4-2-3-5-19(17)21-18/h2-11,14H,12-13,20H2,1H3. The van der Waals surface area contributed by atoms with Crippen LogP contribution in [0.5, 0.6) is 0 Å². The minimum Gasteiger partial charge on any atom is -0.328 e. The molecule has 0 bridgehead atoms. The Morgan fingerprint density at radius 1 is 0.905 bits per heavy atom. The monoisotopic (exact) mass is 276 g/mol. The highest BCUT2D eigenvalue weighted by Crippen LogP contribution is 2.15. The maximum absolute atomic E-state index is 5.83. The van der Waals surface area contributed by atoms with Gasteiger partial charge in [-0.25, -0.2) is 0 Å². The number of nitrogens with zero attached hydrogens (tertiary/aromatic N) is 1. The second-order valence-electron chi connectivity index (χ2n) is 5.67. The Hall–Kier alpha value is -2.19. The third kappa shape index (κ3) is 3.47. The molecule has 0 aliphatic heterocycles.